The van der Waals surface area contributed by atoms with E-state index in [4.69, 9.17) is 0 Å². The van der Waals surface area contributed by atoms with Crippen molar-refractivity contribution in [1.82, 2.24) is 0 Å². The van der Waals surface area contributed by atoms with Gasteiger partial charge in [-0.25, -0.2) is 9.59 Å². The second-order valence-corrected chi connectivity index (χ2v) is 8.44. The number of aliphatic carboxylic acids is 2. The van der Waals surface area contributed by atoms with Gasteiger partial charge in [-0.05, 0) is 24.3 Å². The lowest BCUT2D eigenvalue weighted by Gasteiger charge is -2.31. The van der Waals surface area contributed by atoms with Crippen molar-refractivity contribution in [2.45, 2.75) is 11.7 Å². The van der Waals surface area contributed by atoms with Gasteiger partial charge in [0.05, 0.1) is 0 Å². The Morgan fingerprint density at radius 3 is 1.26 bits per heavy atom. The van der Waals surface area contributed by atoms with Crippen molar-refractivity contribution in [3.63, 3.8) is 0 Å². The van der Waals surface area contributed by atoms with E-state index in [1.54, 1.807) is 36.4 Å². The summed E-state index contributed by atoms with van der Waals surface area (Å²) in [6.45, 7) is 0. The highest BCUT2D eigenvalue weighted by Crippen LogP contribution is 2.63. The Labute approximate surface area is 133 Å². The standard InChI is InChI=1S/C16H15O6P/c17-13(18)15(21)23(16(22)14(19)20,11-7-3-1-4-8-11)12-9-5-2-6-10-12/h1-10,15-16,21-22H,(H-,17,18,19,20)/p+1. The van der Waals surface area contributed by atoms with Crippen LogP contribution in [0.4, 0.5) is 0 Å². The van der Waals surface area contributed by atoms with Crippen LogP contribution in [-0.2, 0) is 9.59 Å². The molecule has 0 aliphatic heterocycles. The minimum atomic E-state index is -3.58. The summed E-state index contributed by atoms with van der Waals surface area (Å²) in [7, 11) is -3.58. The molecule has 7 heteroatoms. The zero-order valence-electron chi connectivity index (χ0n) is 12.0. The van der Waals surface area contributed by atoms with Gasteiger partial charge in [-0.1, -0.05) is 36.4 Å². The maximum Gasteiger partial charge on any atom is 0.373 e. The number of rotatable bonds is 6. The van der Waals surface area contributed by atoms with E-state index >= 15 is 0 Å². The highest BCUT2D eigenvalue weighted by atomic mass is 31.2. The molecule has 0 amide bonds. The van der Waals surface area contributed by atoms with Gasteiger partial charge in [0.15, 0.2) is 7.26 Å². The highest BCUT2D eigenvalue weighted by molar-refractivity contribution is 7.91. The van der Waals surface area contributed by atoms with Crippen molar-refractivity contribution < 1.29 is 30.0 Å². The van der Waals surface area contributed by atoms with Crippen molar-refractivity contribution >= 4 is 29.8 Å². The smallest absolute Gasteiger partial charge is 0.373 e. The van der Waals surface area contributed by atoms with Gasteiger partial charge in [-0.15, -0.1) is 0 Å². The van der Waals surface area contributed by atoms with Gasteiger partial charge >= 0.3 is 11.9 Å². The number of hydrogen-bond donors (Lipinski definition) is 4. The molecule has 0 fully saturated rings. The predicted molar refractivity (Wildman–Crippen MR) is 86.4 cm³/mol. The molecule has 2 rings (SSSR count). The van der Waals surface area contributed by atoms with E-state index < -0.39 is 30.9 Å². The average Bonchev–Trinajstić information content (AvgIpc) is 2.57. The molecule has 0 saturated carbocycles. The summed E-state index contributed by atoms with van der Waals surface area (Å²) in [5.41, 5.74) is 0. The van der Waals surface area contributed by atoms with E-state index in [0.717, 1.165) is 0 Å². The maximum absolute atomic E-state index is 11.5. The highest BCUT2D eigenvalue weighted by Gasteiger charge is 2.62. The van der Waals surface area contributed by atoms with Gasteiger partial charge in [0.2, 0.25) is 0 Å². The number of hydrogen-bond acceptors (Lipinski definition) is 4. The van der Waals surface area contributed by atoms with Crippen LogP contribution in [0.25, 0.3) is 0 Å². The van der Waals surface area contributed by atoms with Crippen LogP contribution >= 0.6 is 7.26 Å². The fraction of sp³-hybridized carbons (Fsp3) is 0.125. The third-order valence-corrected chi connectivity index (χ3v) is 7.87. The average molecular weight is 335 g/mol. The number of carbonyl (C=O) groups is 2. The van der Waals surface area contributed by atoms with Gasteiger partial charge < -0.3 is 20.4 Å². The molecule has 0 saturated heterocycles. The minimum Gasteiger partial charge on any atom is -0.476 e. The number of benzene rings is 2. The number of aliphatic hydroxyl groups excluding tert-OH is 2. The molecule has 0 aromatic heterocycles. The Hall–Kier alpha value is -2.27. The van der Waals surface area contributed by atoms with Crippen LogP contribution in [0.2, 0.25) is 0 Å². The third-order valence-electron chi connectivity index (χ3n) is 3.58. The molecule has 2 aromatic rings. The molecule has 6 nitrogen and oxygen atoms in total. The summed E-state index contributed by atoms with van der Waals surface area (Å²) < 4.78 is 0. The first kappa shape index (κ1) is 17.1. The van der Waals surface area contributed by atoms with E-state index in [1.165, 1.54) is 24.3 Å². The lowest BCUT2D eigenvalue weighted by molar-refractivity contribution is -0.143. The van der Waals surface area contributed by atoms with Crippen LogP contribution in [0.5, 0.6) is 0 Å². The second kappa shape index (κ2) is 6.87. The van der Waals surface area contributed by atoms with E-state index in [2.05, 4.69) is 0 Å². The fourth-order valence-corrected chi connectivity index (χ4v) is 6.27. The van der Waals surface area contributed by atoms with Gasteiger partial charge in [0.25, 0.3) is 11.7 Å². The van der Waals surface area contributed by atoms with E-state index in [0.29, 0.717) is 10.6 Å². The lowest BCUT2D eigenvalue weighted by atomic mass is 10.4. The predicted octanol–water partition coefficient (Wildman–Crippen LogP) is 0.461. The fourth-order valence-electron chi connectivity index (χ4n) is 2.55. The molecule has 0 heterocycles. The monoisotopic (exact) mass is 335 g/mol. The van der Waals surface area contributed by atoms with E-state index in [-0.39, 0.29) is 0 Å². The van der Waals surface area contributed by atoms with Crippen LogP contribution in [0.3, 0.4) is 0 Å². The summed E-state index contributed by atoms with van der Waals surface area (Å²) in [6.07, 6.45) is 0. The van der Waals surface area contributed by atoms with Crippen molar-refractivity contribution in [3.05, 3.63) is 60.7 Å². The quantitative estimate of drug-likeness (QED) is 0.570. The molecule has 0 bridgehead atoms. The normalized spacial score (nSPS) is 14.0. The molecule has 23 heavy (non-hydrogen) atoms. The van der Waals surface area contributed by atoms with Gasteiger partial charge in [-0.3, -0.25) is 0 Å². The van der Waals surface area contributed by atoms with Gasteiger partial charge in [-0.2, -0.15) is 0 Å². The van der Waals surface area contributed by atoms with Crippen LogP contribution in [0.15, 0.2) is 60.7 Å². The molecule has 4 N–H and O–H groups in total. The molecular weight excluding hydrogens is 319 g/mol. The van der Waals surface area contributed by atoms with Crippen LogP contribution in [-0.4, -0.2) is 44.1 Å². The van der Waals surface area contributed by atoms with Crippen molar-refractivity contribution in [2.24, 2.45) is 0 Å². The van der Waals surface area contributed by atoms with Crippen molar-refractivity contribution in [1.29, 1.82) is 0 Å². The zero-order valence-corrected chi connectivity index (χ0v) is 12.9. The molecule has 0 aliphatic rings. The van der Waals surface area contributed by atoms with Crippen LogP contribution < -0.4 is 10.6 Å². The lowest BCUT2D eigenvalue weighted by Crippen LogP contribution is -2.45. The Bertz CT molecular complexity index is 627. The molecule has 2 atom stereocenters. The Kier molecular flexibility index (Phi) is 5.11. The molecular formula is C16H16O6P+. The maximum atomic E-state index is 11.5. The van der Waals surface area contributed by atoms with Crippen LogP contribution in [0.1, 0.15) is 0 Å². The minimum absolute atomic E-state index is 0.302. The topological polar surface area (TPSA) is 115 Å². The Balaban J connectivity index is 2.84. The van der Waals surface area contributed by atoms with E-state index in [1.807, 2.05) is 0 Å². The number of carboxylic acids is 2. The first-order chi connectivity index (χ1) is 10.9. The van der Waals surface area contributed by atoms with Gasteiger partial charge in [0.1, 0.15) is 10.6 Å². The van der Waals surface area contributed by atoms with Crippen LogP contribution in [0, 0.1) is 0 Å². The van der Waals surface area contributed by atoms with Crippen molar-refractivity contribution in [3.8, 4) is 0 Å². The largest absolute Gasteiger partial charge is 0.476 e. The molecule has 2 unspecified atom stereocenters. The number of aliphatic hydroxyl groups is 2. The molecule has 120 valence electrons. The van der Waals surface area contributed by atoms with Gasteiger partial charge in [0, 0.05) is 0 Å². The SMILES string of the molecule is O=C(O)C(O)[P+](c1ccccc1)(c1ccccc1)C(O)C(=O)O. The zero-order chi connectivity index (χ0) is 17.0. The van der Waals surface area contributed by atoms with Crippen molar-refractivity contribution in [2.75, 3.05) is 0 Å². The second-order valence-electron chi connectivity index (χ2n) is 4.87. The Morgan fingerprint density at radius 1 is 0.696 bits per heavy atom. The summed E-state index contributed by atoms with van der Waals surface area (Å²) in [4.78, 5) is 23.0. The molecule has 2 aromatic carbocycles. The third kappa shape index (κ3) is 2.97. The molecule has 0 aliphatic carbocycles. The number of carboxylic acid groups (broad SMARTS) is 2. The summed E-state index contributed by atoms with van der Waals surface area (Å²) >= 11 is 0. The summed E-state index contributed by atoms with van der Waals surface area (Å²) in [6, 6.07) is 15.9. The first-order valence-corrected chi connectivity index (χ1v) is 8.66. The molecule has 0 spiro atoms. The first-order valence-electron chi connectivity index (χ1n) is 6.73. The summed E-state index contributed by atoms with van der Waals surface area (Å²) in [5, 5.41) is 40.1. The Morgan fingerprint density at radius 2 is 1.00 bits per heavy atom. The summed E-state index contributed by atoms with van der Waals surface area (Å²) in [5.74, 6) is -7.24. The molecule has 0 radical (unpaired) electrons. The van der Waals surface area contributed by atoms with E-state index in [9.17, 15) is 30.0 Å².